The molecule has 1 aromatic rings. The molecule has 0 radical (unpaired) electrons. The van der Waals surface area contributed by atoms with E-state index < -0.39 is 0 Å². The van der Waals surface area contributed by atoms with E-state index in [4.69, 9.17) is 23.2 Å². The van der Waals surface area contributed by atoms with Crippen molar-refractivity contribution >= 4 is 23.2 Å². The van der Waals surface area contributed by atoms with Crippen LogP contribution in [0, 0.1) is 0 Å². The van der Waals surface area contributed by atoms with Crippen molar-refractivity contribution in [2.45, 2.75) is 50.4 Å². The van der Waals surface area contributed by atoms with Crippen LogP contribution in [0.3, 0.4) is 0 Å². The molecule has 2 aliphatic heterocycles. The van der Waals surface area contributed by atoms with Crippen molar-refractivity contribution in [3.05, 3.63) is 33.8 Å². The molecule has 104 valence electrons. The van der Waals surface area contributed by atoms with E-state index in [1.54, 1.807) is 0 Å². The zero-order valence-electron chi connectivity index (χ0n) is 11.2. The van der Waals surface area contributed by atoms with Gasteiger partial charge < -0.3 is 5.32 Å². The van der Waals surface area contributed by atoms with Gasteiger partial charge in [-0.1, -0.05) is 29.3 Å². The van der Waals surface area contributed by atoms with Crippen LogP contribution in [-0.4, -0.2) is 30.1 Å². The summed E-state index contributed by atoms with van der Waals surface area (Å²) in [4.78, 5) is 2.46. The fourth-order valence-electron chi connectivity index (χ4n) is 3.44. The number of piperidine rings is 1. The van der Waals surface area contributed by atoms with Gasteiger partial charge in [-0.05, 0) is 50.4 Å². The molecule has 0 spiro atoms. The Labute approximate surface area is 125 Å². The van der Waals surface area contributed by atoms with Gasteiger partial charge in [0.25, 0.3) is 0 Å². The average Bonchev–Trinajstić information content (AvgIpc) is 2.72. The van der Waals surface area contributed by atoms with E-state index in [9.17, 15) is 0 Å². The lowest BCUT2D eigenvalue weighted by Crippen LogP contribution is -2.46. The number of nitrogens with zero attached hydrogens (tertiary/aromatic N) is 1. The third kappa shape index (κ3) is 3.08. The molecule has 1 N–H and O–H groups in total. The molecule has 0 aromatic heterocycles. The molecule has 0 amide bonds. The predicted molar refractivity (Wildman–Crippen MR) is 80.9 cm³/mol. The summed E-state index contributed by atoms with van der Waals surface area (Å²) < 4.78 is 0. The van der Waals surface area contributed by atoms with Gasteiger partial charge >= 0.3 is 0 Å². The van der Waals surface area contributed by atoms with Crippen molar-refractivity contribution in [3.8, 4) is 0 Å². The van der Waals surface area contributed by atoms with Crippen LogP contribution in [0.2, 0.25) is 10.0 Å². The Hall–Kier alpha value is -0.280. The van der Waals surface area contributed by atoms with Crippen LogP contribution in [0.15, 0.2) is 18.2 Å². The van der Waals surface area contributed by atoms with Crippen molar-refractivity contribution < 1.29 is 0 Å². The predicted octanol–water partition coefficient (Wildman–Crippen LogP) is 3.71. The Balaban J connectivity index is 1.64. The zero-order chi connectivity index (χ0) is 13.4. The second kappa shape index (κ2) is 5.61. The number of fused-ring (bicyclic) bond motifs is 2. The Morgan fingerprint density at radius 3 is 2.47 bits per heavy atom. The van der Waals surface area contributed by atoms with E-state index in [0.29, 0.717) is 16.1 Å². The molecule has 0 aliphatic carbocycles. The fraction of sp³-hybridized carbons (Fsp3) is 0.600. The van der Waals surface area contributed by atoms with E-state index in [-0.39, 0.29) is 0 Å². The number of rotatable bonds is 3. The number of benzene rings is 1. The first kappa shape index (κ1) is 13.7. The highest BCUT2D eigenvalue weighted by molar-refractivity contribution is 6.42. The van der Waals surface area contributed by atoms with E-state index >= 15 is 0 Å². The van der Waals surface area contributed by atoms with Gasteiger partial charge in [-0.3, -0.25) is 4.90 Å². The maximum Gasteiger partial charge on any atom is 0.0595 e. The van der Waals surface area contributed by atoms with E-state index in [0.717, 1.165) is 18.6 Å². The van der Waals surface area contributed by atoms with Gasteiger partial charge in [0.15, 0.2) is 0 Å². The second-order valence-electron chi connectivity index (χ2n) is 5.93. The van der Waals surface area contributed by atoms with Gasteiger partial charge in [0, 0.05) is 24.7 Å². The quantitative estimate of drug-likeness (QED) is 0.915. The van der Waals surface area contributed by atoms with Gasteiger partial charge in [-0.15, -0.1) is 0 Å². The summed E-state index contributed by atoms with van der Waals surface area (Å²) in [5, 5.41) is 4.97. The summed E-state index contributed by atoms with van der Waals surface area (Å²) in [6, 6.07) is 8.10. The van der Waals surface area contributed by atoms with Gasteiger partial charge in [0.05, 0.1) is 10.0 Å². The molecule has 2 saturated heterocycles. The topological polar surface area (TPSA) is 15.3 Å². The Bertz CT molecular complexity index is 451. The van der Waals surface area contributed by atoms with Gasteiger partial charge in [-0.25, -0.2) is 0 Å². The molecule has 2 atom stereocenters. The number of hydrogen-bond acceptors (Lipinski definition) is 2. The Morgan fingerprint density at radius 1 is 1.16 bits per heavy atom. The van der Waals surface area contributed by atoms with Crippen molar-refractivity contribution in [1.82, 2.24) is 10.2 Å². The SMILES string of the molecule is CN(Cc1ccc(Cl)c(Cl)c1)C1CC2CCC(C1)N2. The third-order valence-corrected chi connectivity index (χ3v) is 5.23. The molecule has 2 unspecified atom stereocenters. The highest BCUT2D eigenvalue weighted by Crippen LogP contribution is 2.30. The summed E-state index contributed by atoms with van der Waals surface area (Å²) in [5.74, 6) is 0. The average molecular weight is 299 g/mol. The first-order valence-electron chi connectivity index (χ1n) is 7.02. The maximum atomic E-state index is 6.08. The lowest BCUT2D eigenvalue weighted by atomic mass is 9.98. The van der Waals surface area contributed by atoms with Crippen LogP contribution in [0.5, 0.6) is 0 Å². The van der Waals surface area contributed by atoms with Crippen LogP contribution >= 0.6 is 23.2 Å². The minimum Gasteiger partial charge on any atom is -0.311 e. The first-order chi connectivity index (χ1) is 9.11. The normalized spacial score (nSPS) is 30.0. The van der Waals surface area contributed by atoms with E-state index in [1.807, 2.05) is 12.1 Å². The van der Waals surface area contributed by atoms with Gasteiger partial charge in [0.2, 0.25) is 0 Å². The molecule has 2 fully saturated rings. The highest BCUT2D eigenvalue weighted by atomic mass is 35.5. The Morgan fingerprint density at radius 2 is 1.84 bits per heavy atom. The van der Waals surface area contributed by atoms with Crippen LogP contribution < -0.4 is 5.32 Å². The molecule has 2 aliphatic rings. The molecular weight excluding hydrogens is 279 g/mol. The first-order valence-corrected chi connectivity index (χ1v) is 7.77. The highest BCUT2D eigenvalue weighted by Gasteiger charge is 2.34. The van der Waals surface area contributed by atoms with E-state index in [2.05, 4.69) is 23.3 Å². The molecule has 2 heterocycles. The van der Waals surface area contributed by atoms with Gasteiger partial charge in [-0.2, -0.15) is 0 Å². The summed E-state index contributed by atoms with van der Waals surface area (Å²) in [6.07, 6.45) is 5.24. The molecule has 19 heavy (non-hydrogen) atoms. The molecule has 2 bridgehead atoms. The fourth-order valence-corrected chi connectivity index (χ4v) is 3.76. The summed E-state index contributed by atoms with van der Waals surface area (Å²) in [7, 11) is 2.22. The molecule has 4 heteroatoms. The molecule has 2 nitrogen and oxygen atoms in total. The van der Waals surface area contributed by atoms with Crippen molar-refractivity contribution in [2.24, 2.45) is 0 Å². The monoisotopic (exact) mass is 298 g/mol. The van der Waals surface area contributed by atoms with Gasteiger partial charge in [0.1, 0.15) is 0 Å². The molecule has 1 aromatic carbocycles. The maximum absolute atomic E-state index is 6.08. The molecule has 0 saturated carbocycles. The standard InChI is InChI=1S/C15H20Cl2N2/c1-19(9-10-2-5-14(16)15(17)6-10)13-7-11-3-4-12(8-13)18-11/h2,5-6,11-13,18H,3-4,7-9H2,1H3. The molecule has 3 rings (SSSR count). The summed E-state index contributed by atoms with van der Waals surface area (Å²) in [6.45, 7) is 0.945. The van der Waals surface area contributed by atoms with Crippen LogP contribution in [0.4, 0.5) is 0 Å². The largest absolute Gasteiger partial charge is 0.311 e. The summed E-state index contributed by atoms with van der Waals surface area (Å²) >= 11 is 12.0. The minimum atomic E-state index is 0.632. The van der Waals surface area contributed by atoms with Crippen molar-refractivity contribution in [1.29, 1.82) is 0 Å². The zero-order valence-corrected chi connectivity index (χ0v) is 12.7. The third-order valence-electron chi connectivity index (χ3n) is 4.49. The molecular formula is C15H20Cl2N2. The lowest BCUT2D eigenvalue weighted by molar-refractivity contribution is 0.166. The minimum absolute atomic E-state index is 0.632. The number of nitrogens with one attached hydrogen (secondary N) is 1. The second-order valence-corrected chi connectivity index (χ2v) is 6.74. The van der Waals surface area contributed by atoms with Crippen LogP contribution in [0.1, 0.15) is 31.2 Å². The smallest absolute Gasteiger partial charge is 0.0595 e. The lowest BCUT2D eigenvalue weighted by Gasteiger charge is -2.35. The summed E-state index contributed by atoms with van der Waals surface area (Å²) in [5.41, 5.74) is 1.24. The Kier molecular flexibility index (Phi) is 4.04. The van der Waals surface area contributed by atoms with Crippen LogP contribution in [-0.2, 0) is 6.54 Å². The van der Waals surface area contributed by atoms with Crippen LogP contribution in [0.25, 0.3) is 0 Å². The number of hydrogen-bond donors (Lipinski definition) is 1. The van der Waals surface area contributed by atoms with Crippen molar-refractivity contribution in [2.75, 3.05) is 7.05 Å². The number of halogens is 2. The van der Waals surface area contributed by atoms with E-state index in [1.165, 1.54) is 31.2 Å². The van der Waals surface area contributed by atoms with Crippen molar-refractivity contribution in [3.63, 3.8) is 0 Å².